The SMILES string of the molecule is NC(=O)c1c(NC(=O)CN2Cc3ccccc3C[C@@H]2C(N)=O)sc2c1CCC2. The molecule has 1 aliphatic heterocycles. The molecule has 3 amide bonds. The topological polar surface area (TPSA) is 119 Å². The first-order valence-corrected chi connectivity index (χ1v) is 10.1. The molecule has 1 atom stereocenters. The van der Waals surface area contributed by atoms with E-state index in [-0.39, 0.29) is 12.5 Å². The quantitative estimate of drug-likeness (QED) is 0.701. The first kappa shape index (κ1) is 18.6. The van der Waals surface area contributed by atoms with Crippen molar-refractivity contribution < 1.29 is 14.4 Å². The molecule has 2 aliphatic rings. The lowest BCUT2D eigenvalue weighted by Crippen LogP contribution is -2.50. The molecule has 1 aromatic heterocycles. The van der Waals surface area contributed by atoms with Crippen molar-refractivity contribution in [2.24, 2.45) is 11.5 Å². The van der Waals surface area contributed by atoms with Crippen LogP contribution in [0.15, 0.2) is 24.3 Å². The number of carbonyl (C=O) groups excluding carboxylic acids is 3. The fraction of sp³-hybridized carbons (Fsp3) is 0.350. The number of thiophene rings is 1. The van der Waals surface area contributed by atoms with Crippen LogP contribution in [0.4, 0.5) is 5.00 Å². The summed E-state index contributed by atoms with van der Waals surface area (Å²) in [6, 6.07) is 7.31. The number of amides is 3. The minimum Gasteiger partial charge on any atom is -0.368 e. The van der Waals surface area contributed by atoms with Gasteiger partial charge in [-0.2, -0.15) is 0 Å². The van der Waals surface area contributed by atoms with E-state index < -0.39 is 17.9 Å². The van der Waals surface area contributed by atoms with Crippen LogP contribution in [0.1, 0.15) is 38.3 Å². The number of fused-ring (bicyclic) bond motifs is 2. The first-order chi connectivity index (χ1) is 13.4. The zero-order valence-electron chi connectivity index (χ0n) is 15.4. The molecule has 0 bridgehead atoms. The normalized spacial score (nSPS) is 18.4. The van der Waals surface area contributed by atoms with Crippen LogP contribution < -0.4 is 16.8 Å². The van der Waals surface area contributed by atoms with Gasteiger partial charge < -0.3 is 16.8 Å². The zero-order valence-corrected chi connectivity index (χ0v) is 16.2. The molecule has 4 rings (SSSR count). The van der Waals surface area contributed by atoms with Gasteiger partial charge in [-0.3, -0.25) is 19.3 Å². The summed E-state index contributed by atoms with van der Waals surface area (Å²) in [4.78, 5) is 39.5. The maximum Gasteiger partial charge on any atom is 0.251 e. The highest BCUT2D eigenvalue weighted by Crippen LogP contribution is 2.38. The van der Waals surface area contributed by atoms with Crippen LogP contribution in [-0.2, 0) is 35.4 Å². The van der Waals surface area contributed by atoms with E-state index in [0.717, 1.165) is 40.8 Å². The number of benzene rings is 1. The Kier molecular flexibility index (Phi) is 4.91. The lowest BCUT2D eigenvalue weighted by Gasteiger charge is -2.34. The highest BCUT2D eigenvalue weighted by Gasteiger charge is 2.32. The molecule has 1 aromatic carbocycles. The molecule has 2 heterocycles. The number of aryl methyl sites for hydroxylation is 1. The number of rotatable bonds is 5. The molecular formula is C20H22N4O3S. The van der Waals surface area contributed by atoms with Gasteiger partial charge in [0, 0.05) is 11.4 Å². The predicted molar refractivity (Wildman–Crippen MR) is 107 cm³/mol. The Balaban J connectivity index is 1.52. The van der Waals surface area contributed by atoms with Gasteiger partial charge >= 0.3 is 0 Å². The number of primary amides is 2. The molecule has 8 heteroatoms. The van der Waals surface area contributed by atoms with Crippen molar-refractivity contribution in [3.63, 3.8) is 0 Å². The van der Waals surface area contributed by atoms with Gasteiger partial charge in [-0.05, 0) is 42.4 Å². The van der Waals surface area contributed by atoms with Gasteiger partial charge in [0.05, 0.1) is 18.2 Å². The van der Waals surface area contributed by atoms with Gasteiger partial charge in [-0.1, -0.05) is 24.3 Å². The number of nitrogens with two attached hydrogens (primary N) is 2. The van der Waals surface area contributed by atoms with Crippen LogP contribution in [0.5, 0.6) is 0 Å². The maximum atomic E-state index is 12.7. The summed E-state index contributed by atoms with van der Waals surface area (Å²) in [5, 5.41) is 3.35. The second kappa shape index (κ2) is 7.37. The third-order valence-corrected chi connectivity index (χ3v) is 6.65. The van der Waals surface area contributed by atoms with E-state index >= 15 is 0 Å². The Morgan fingerprint density at radius 3 is 2.61 bits per heavy atom. The number of nitrogens with one attached hydrogen (secondary N) is 1. The average Bonchev–Trinajstić information content (AvgIpc) is 3.21. The van der Waals surface area contributed by atoms with Crippen LogP contribution in [0.2, 0.25) is 0 Å². The Labute approximate surface area is 166 Å². The summed E-state index contributed by atoms with van der Waals surface area (Å²) >= 11 is 1.42. The van der Waals surface area contributed by atoms with Gasteiger partial charge in [-0.25, -0.2) is 0 Å². The molecule has 0 spiro atoms. The molecule has 28 heavy (non-hydrogen) atoms. The Morgan fingerprint density at radius 2 is 1.89 bits per heavy atom. The molecule has 0 fully saturated rings. The fourth-order valence-electron chi connectivity index (χ4n) is 4.13. The molecule has 5 N–H and O–H groups in total. The monoisotopic (exact) mass is 398 g/mol. The standard InChI is InChI=1S/C20H22N4O3S/c21-18(26)14-8-11-4-1-2-5-12(11)9-24(14)10-16(25)23-20-17(19(22)27)13-6-3-7-15(13)28-20/h1-2,4-5,14H,3,6-10H2,(H2,21,26)(H2,22,27)(H,23,25)/t14-/m1/s1. The third kappa shape index (κ3) is 3.41. The van der Waals surface area contributed by atoms with Gasteiger partial charge in [0.25, 0.3) is 5.91 Å². The zero-order chi connectivity index (χ0) is 19.8. The number of nitrogens with zero attached hydrogens (tertiary/aromatic N) is 1. The fourth-order valence-corrected chi connectivity index (χ4v) is 5.44. The largest absolute Gasteiger partial charge is 0.368 e. The summed E-state index contributed by atoms with van der Waals surface area (Å²) in [6.07, 6.45) is 3.21. The number of anilines is 1. The van der Waals surface area contributed by atoms with Crippen LogP contribution in [0.3, 0.4) is 0 Å². The Hall–Kier alpha value is -2.71. The van der Waals surface area contributed by atoms with Crippen molar-refractivity contribution in [2.75, 3.05) is 11.9 Å². The predicted octanol–water partition coefficient (Wildman–Crippen LogP) is 1.19. The summed E-state index contributed by atoms with van der Waals surface area (Å²) in [6.45, 7) is 0.490. The molecular weight excluding hydrogens is 376 g/mol. The van der Waals surface area contributed by atoms with Crippen molar-refractivity contribution in [1.82, 2.24) is 4.90 Å². The third-order valence-electron chi connectivity index (χ3n) is 5.44. The van der Waals surface area contributed by atoms with Crippen LogP contribution in [0, 0.1) is 0 Å². The lowest BCUT2D eigenvalue weighted by molar-refractivity contribution is -0.125. The minimum absolute atomic E-state index is 0.0166. The van der Waals surface area contributed by atoms with E-state index in [1.807, 2.05) is 24.3 Å². The van der Waals surface area contributed by atoms with Crippen LogP contribution in [-0.4, -0.2) is 35.2 Å². The van der Waals surface area contributed by atoms with Crippen molar-refractivity contribution in [1.29, 1.82) is 0 Å². The molecule has 7 nitrogen and oxygen atoms in total. The van der Waals surface area contributed by atoms with Crippen LogP contribution in [0.25, 0.3) is 0 Å². The van der Waals surface area contributed by atoms with E-state index in [9.17, 15) is 14.4 Å². The van der Waals surface area contributed by atoms with Gasteiger partial charge in [0.15, 0.2) is 0 Å². The molecule has 0 radical (unpaired) electrons. The number of carbonyl (C=O) groups is 3. The molecule has 0 unspecified atom stereocenters. The minimum atomic E-state index is -0.537. The van der Waals surface area contributed by atoms with E-state index in [1.165, 1.54) is 11.3 Å². The van der Waals surface area contributed by atoms with E-state index in [4.69, 9.17) is 11.5 Å². The summed E-state index contributed by atoms with van der Waals surface area (Å²) < 4.78 is 0. The van der Waals surface area contributed by atoms with E-state index in [1.54, 1.807) is 4.90 Å². The highest BCUT2D eigenvalue weighted by atomic mass is 32.1. The second-order valence-electron chi connectivity index (χ2n) is 7.27. The molecule has 2 aromatic rings. The van der Waals surface area contributed by atoms with Crippen molar-refractivity contribution in [3.8, 4) is 0 Å². The average molecular weight is 398 g/mol. The Morgan fingerprint density at radius 1 is 1.14 bits per heavy atom. The number of hydrogen-bond acceptors (Lipinski definition) is 5. The summed E-state index contributed by atoms with van der Waals surface area (Å²) in [7, 11) is 0. The molecule has 0 saturated heterocycles. The molecule has 0 saturated carbocycles. The van der Waals surface area contributed by atoms with E-state index in [2.05, 4.69) is 5.32 Å². The van der Waals surface area contributed by atoms with Gasteiger partial charge in [0.2, 0.25) is 11.8 Å². The molecule has 1 aliphatic carbocycles. The smallest absolute Gasteiger partial charge is 0.251 e. The second-order valence-corrected chi connectivity index (χ2v) is 8.38. The molecule has 146 valence electrons. The lowest BCUT2D eigenvalue weighted by atomic mass is 9.93. The van der Waals surface area contributed by atoms with Crippen molar-refractivity contribution in [2.45, 2.75) is 38.3 Å². The maximum absolute atomic E-state index is 12.7. The van der Waals surface area contributed by atoms with E-state index in [0.29, 0.717) is 23.5 Å². The Bertz CT molecular complexity index is 968. The van der Waals surface area contributed by atoms with Gasteiger partial charge in [0.1, 0.15) is 5.00 Å². The van der Waals surface area contributed by atoms with Crippen molar-refractivity contribution >= 4 is 34.1 Å². The van der Waals surface area contributed by atoms with Crippen molar-refractivity contribution in [3.05, 3.63) is 51.4 Å². The number of hydrogen-bond donors (Lipinski definition) is 3. The van der Waals surface area contributed by atoms with Gasteiger partial charge in [-0.15, -0.1) is 11.3 Å². The summed E-state index contributed by atoms with van der Waals surface area (Å²) in [5.74, 6) is -1.25. The highest BCUT2D eigenvalue weighted by molar-refractivity contribution is 7.17. The van der Waals surface area contributed by atoms with Crippen LogP contribution >= 0.6 is 11.3 Å². The first-order valence-electron chi connectivity index (χ1n) is 9.28. The summed E-state index contributed by atoms with van der Waals surface area (Å²) in [5.41, 5.74) is 14.7.